The van der Waals surface area contributed by atoms with Crippen molar-refractivity contribution in [3.8, 4) is 5.75 Å². The van der Waals surface area contributed by atoms with Gasteiger partial charge in [-0.05, 0) is 35.0 Å². The van der Waals surface area contributed by atoms with E-state index < -0.39 is 5.91 Å². The maximum absolute atomic E-state index is 11.9. The summed E-state index contributed by atoms with van der Waals surface area (Å²) < 4.78 is 11.0. The standard InChI is InChI=1S/C21H17N3O4S/c25-19(12-27-16-10-9-14-5-1-2-6-15(14)11-16)23-24-20(26)13-29-21-22-17-7-3-4-8-18(17)28-21/h1-11H,12-13H2,(H,23,25)(H,24,26). The van der Waals surface area contributed by atoms with Gasteiger partial charge in [0.1, 0.15) is 11.3 Å². The summed E-state index contributed by atoms with van der Waals surface area (Å²) in [5.74, 6) is -0.204. The molecule has 0 bridgehead atoms. The first-order valence-electron chi connectivity index (χ1n) is 8.85. The first-order valence-corrected chi connectivity index (χ1v) is 9.83. The highest BCUT2D eigenvalue weighted by atomic mass is 32.2. The van der Waals surface area contributed by atoms with Crippen molar-refractivity contribution in [2.24, 2.45) is 0 Å². The molecule has 0 saturated carbocycles. The number of carbonyl (C=O) groups excluding carboxylic acids is 2. The van der Waals surface area contributed by atoms with Crippen LogP contribution in [0, 0.1) is 0 Å². The molecule has 4 rings (SSSR count). The van der Waals surface area contributed by atoms with Gasteiger partial charge in [-0.25, -0.2) is 4.98 Å². The number of thioether (sulfide) groups is 1. The topological polar surface area (TPSA) is 93.5 Å². The minimum Gasteiger partial charge on any atom is -0.484 e. The molecule has 4 aromatic rings. The highest BCUT2D eigenvalue weighted by Gasteiger charge is 2.10. The van der Waals surface area contributed by atoms with Crippen molar-refractivity contribution in [3.05, 3.63) is 66.7 Å². The Balaban J connectivity index is 1.20. The Labute approximate surface area is 170 Å². The summed E-state index contributed by atoms with van der Waals surface area (Å²) in [6.45, 7) is -0.211. The first-order chi connectivity index (χ1) is 14.2. The predicted molar refractivity (Wildman–Crippen MR) is 110 cm³/mol. The Morgan fingerprint density at radius 2 is 1.69 bits per heavy atom. The van der Waals surface area contributed by atoms with E-state index in [-0.39, 0.29) is 18.3 Å². The second-order valence-corrected chi connectivity index (χ2v) is 7.06. The quantitative estimate of drug-likeness (QED) is 0.376. The van der Waals surface area contributed by atoms with Crippen LogP contribution in [0.2, 0.25) is 0 Å². The Hall–Kier alpha value is -3.52. The number of hydrazine groups is 1. The number of fused-ring (bicyclic) bond motifs is 2. The van der Waals surface area contributed by atoms with E-state index >= 15 is 0 Å². The first kappa shape index (κ1) is 18.8. The lowest BCUT2D eigenvalue weighted by molar-refractivity contribution is -0.128. The number of aromatic nitrogens is 1. The lowest BCUT2D eigenvalue weighted by atomic mass is 10.1. The van der Waals surface area contributed by atoms with Crippen LogP contribution in [0.1, 0.15) is 0 Å². The van der Waals surface area contributed by atoms with Gasteiger partial charge < -0.3 is 9.15 Å². The van der Waals surface area contributed by atoms with Crippen LogP contribution in [-0.2, 0) is 9.59 Å². The van der Waals surface area contributed by atoms with Crippen molar-refractivity contribution < 1.29 is 18.7 Å². The number of hydrogen-bond donors (Lipinski definition) is 2. The summed E-state index contributed by atoms with van der Waals surface area (Å²) in [6.07, 6.45) is 0. The summed E-state index contributed by atoms with van der Waals surface area (Å²) in [5, 5.41) is 2.51. The van der Waals surface area contributed by atoms with Crippen molar-refractivity contribution in [1.29, 1.82) is 0 Å². The van der Waals surface area contributed by atoms with Gasteiger partial charge >= 0.3 is 0 Å². The average Bonchev–Trinajstić information content (AvgIpc) is 3.17. The second kappa shape index (κ2) is 8.66. The molecule has 2 amide bonds. The van der Waals surface area contributed by atoms with E-state index in [9.17, 15) is 9.59 Å². The summed E-state index contributed by atoms with van der Waals surface area (Å²) in [7, 11) is 0. The fourth-order valence-corrected chi connectivity index (χ4v) is 3.30. The van der Waals surface area contributed by atoms with Crippen molar-refractivity contribution in [1.82, 2.24) is 15.8 Å². The van der Waals surface area contributed by atoms with Crippen molar-refractivity contribution in [3.63, 3.8) is 0 Å². The van der Waals surface area contributed by atoms with Gasteiger partial charge in [-0.1, -0.05) is 54.2 Å². The van der Waals surface area contributed by atoms with Gasteiger partial charge in [0.2, 0.25) is 5.91 Å². The summed E-state index contributed by atoms with van der Waals surface area (Å²) in [5.41, 5.74) is 6.06. The van der Waals surface area contributed by atoms with Gasteiger partial charge in [0.15, 0.2) is 12.2 Å². The van der Waals surface area contributed by atoms with Crippen molar-refractivity contribution in [2.45, 2.75) is 5.22 Å². The van der Waals surface area contributed by atoms with Gasteiger partial charge in [0.25, 0.3) is 11.1 Å². The van der Waals surface area contributed by atoms with E-state index in [1.54, 1.807) is 6.07 Å². The Morgan fingerprint density at radius 3 is 2.55 bits per heavy atom. The van der Waals surface area contributed by atoms with E-state index in [1.807, 2.05) is 60.7 Å². The van der Waals surface area contributed by atoms with Crippen LogP contribution >= 0.6 is 11.8 Å². The third-order valence-electron chi connectivity index (χ3n) is 4.03. The molecule has 2 N–H and O–H groups in total. The number of ether oxygens (including phenoxy) is 1. The maximum atomic E-state index is 11.9. The number of nitrogens with zero attached hydrogens (tertiary/aromatic N) is 1. The highest BCUT2D eigenvalue weighted by molar-refractivity contribution is 7.99. The maximum Gasteiger partial charge on any atom is 0.276 e. The second-order valence-electron chi connectivity index (χ2n) is 6.13. The molecule has 0 unspecified atom stereocenters. The number of rotatable bonds is 6. The Bertz CT molecular complexity index is 1140. The molecule has 146 valence electrons. The van der Waals surface area contributed by atoms with Crippen LogP contribution in [0.3, 0.4) is 0 Å². The molecule has 0 fully saturated rings. The molecule has 0 saturated heterocycles. The lowest BCUT2D eigenvalue weighted by Gasteiger charge is -2.09. The monoisotopic (exact) mass is 407 g/mol. The molecule has 0 aliphatic rings. The number of benzene rings is 3. The van der Waals surface area contributed by atoms with Crippen LogP contribution in [0.4, 0.5) is 0 Å². The number of amides is 2. The molecular formula is C21H17N3O4S. The Morgan fingerprint density at radius 1 is 0.931 bits per heavy atom. The zero-order chi connectivity index (χ0) is 20.1. The van der Waals surface area contributed by atoms with E-state index in [1.165, 1.54) is 0 Å². The average molecular weight is 407 g/mol. The summed E-state index contributed by atoms with van der Waals surface area (Å²) >= 11 is 1.14. The normalized spacial score (nSPS) is 10.8. The molecule has 0 atom stereocenters. The number of oxazole rings is 1. The van der Waals surface area contributed by atoms with E-state index in [2.05, 4.69) is 15.8 Å². The molecule has 0 aliphatic heterocycles. The van der Waals surface area contributed by atoms with Gasteiger partial charge in [-0.15, -0.1) is 0 Å². The van der Waals surface area contributed by atoms with Crippen molar-refractivity contribution >= 4 is 45.4 Å². The lowest BCUT2D eigenvalue weighted by Crippen LogP contribution is -2.44. The fourth-order valence-electron chi connectivity index (χ4n) is 2.66. The predicted octanol–water partition coefficient (Wildman–Crippen LogP) is 3.30. The molecular weight excluding hydrogens is 390 g/mol. The molecule has 0 spiro atoms. The third kappa shape index (κ3) is 4.85. The smallest absolute Gasteiger partial charge is 0.276 e. The zero-order valence-electron chi connectivity index (χ0n) is 15.3. The molecule has 8 heteroatoms. The highest BCUT2D eigenvalue weighted by Crippen LogP contribution is 2.23. The molecule has 0 aliphatic carbocycles. The van der Waals surface area contributed by atoms with Crippen LogP contribution in [0.25, 0.3) is 21.9 Å². The molecule has 7 nitrogen and oxygen atoms in total. The van der Waals surface area contributed by atoms with Crippen LogP contribution in [0.5, 0.6) is 5.75 Å². The van der Waals surface area contributed by atoms with Gasteiger partial charge in [-0.2, -0.15) is 0 Å². The molecule has 1 heterocycles. The Kier molecular flexibility index (Phi) is 5.62. The number of para-hydroxylation sites is 2. The number of hydrogen-bond acceptors (Lipinski definition) is 6. The summed E-state index contributed by atoms with van der Waals surface area (Å²) in [4.78, 5) is 28.1. The molecule has 0 radical (unpaired) electrons. The van der Waals surface area contributed by atoms with E-state index in [4.69, 9.17) is 9.15 Å². The number of carbonyl (C=O) groups is 2. The van der Waals surface area contributed by atoms with Crippen LogP contribution in [-0.4, -0.2) is 29.2 Å². The minimum atomic E-state index is -0.460. The zero-order valence-corrected chi connectivity index (χ0v) is 16.1. The van der Waals surface area contributed by atoms with Gasteiger partial charge in [0.05, 0.1) is 5.75 Å². The number of nitrogens with one attached hydrogen (secondary N) is 2. The van der Waals surface area contributed by atoms with Gasteiger partial charge in [-0.3, -0.25) is 20.4 Å². The molecule has 29 heavy (non-hydrogen) atoms. The van der Waals surface area contributed by atoms with Gasteiger partial charge in [0, 0.05) is 0 Å². The molecule has 3 aromatic carbocycles. The van der Waals surface area contributed by atoms with E-state index in [0.717, 1.165) is 28.1 Å². The summed E-state index contributed by atoms with van der Waals surface area (Å²) in [6, 6.07) is 20.8. The van der Waals surface area contributed by atoms with Crippen LogP contribution in [0.15, 0.2) is 76.4 Å². The third-order valence-corrected chi connectivity index (χ3v) is 4.86. The van der Waals surface area contributed by atoms with E-state index in [0.29, 0.717) is 16.6 Å². The minimum absolute atomic E-state index is 0.0542. The van der Waals surface area contributed by atoms with Crippen LogP contribution < -0.4 is 15.6 Å². The fraction of sp³-hybridized carbons (Fsp3) is 0.0952. The van der Waals surface area contributed by atoms with Crippen molar-refractivity contribution in [2.75, 3.05) is 12.4 Å². The SMILES string of the molecule is O=C(COc1ccc2ccccc2c1)NNC(=O)CSc1nc2ccccc2o1. The molecule has 1 aromatic heterocycles. The largest absolute Gasteiger partial charge is 0.484 e.